The molecule has 0 bridgehead atoms. The number of allylic oxidation sites excluding steroid dienone is 1. The first-order chi connectivity index (χ1) is 8.96. The molecule has 1 fully saturated rings. The Morgan fingerprint density at radius 1 is 1.05 bits per heavy atom. The lowest BCUT2D eigenvalue weighted by atomic mass is 9.85. The van der Waals surface area contributed by atoms with Crippen molar-refractivity contribution >= 4 is 17.9 Å². The third-order valence-electron chi connectivity index (χ3n) is 3.63. The molecule has 0 aromatic carbocycles. The Bertz CT molecular complexity index is 384. The highest BCUT2D eigenvalue weighted by Crippen LogP contribution is 2.48. The highest BCUT2D eigenvalue weighted by molar-refractivity contribution is 6.01. The fraction of sp³-hybridized carbons (Fsp3) is 0.615. The second kappa shape index (κ2) is 5.86. The van der Waals surface area contributed by atoms with Gasteiger partial charge in [0.2, 0.25) is 0 Å². The van der Waals surface area contributed by atoms with Gasteiger partial charge in [0, 0.05) is 0 Å². The second-order valence-electron chi connectivity index (χ2n) is 4.50. The van der Waals surface area contributed by atoms with Gasteiger partial charge in [-0.15, -0.1) is 6.58 Å². The molecule has 6 heteroatoms. The van der Waals surface area contributed by atoms with E-state index in [0.29, 0.717) is 0 Å². The summed E-state index contributed by atoms with van der Waals surface area (Å²) in [6.45, 7) is 3.63. The Labute approximate surface area is 111 Å². The first-order valence-corrected chi connectivity index (χ1v) is 5.84. The van der Waals surface area contributed by atoms with E-state index in [4.69, 9.17) is 4.74 Å². The molecule has 0 spiro atoms. The maximum absolute atomic E-state index is 11.9. The molecule has 0 saturated heterocycles. The van der Waals surface area contributed by atoms with Crippen LogP contribution < -0.4 is 0 Å². The number of methoxy groups -OCH3 is 3. The average molecular weight is 270 g/mol. The predicted octanol–water partition coefficient (Wildman–Crippen LogP) is 0.704. The van der Waals surface area contributed by atoms with Gasteiger partial charge >= 0.3 is 17.9 Å². The molecular formula is C13H18O6. The number of hydrogen-bond acceptors (Lipinski definition) is 6. The Hall–Kier alpha value is -1.85. The quantitative estimate of drug-likeness (QED) is 0.324. The number of ether oxygens (including phenoxy) is 3. The third-order valence-corrected chi connectivity index (χ3v) is 3.63. The standard InChI is InChI=1S/C13H18O6/c1-5-8-6-13(11(15)18-3,12(16)19-4)7-9(8)10(14)17-2/h5,8-9H,1,6-7H2,2-4H3. The minimum absolute atomic E-state index is 0.00963. The minimum atomic E-state index is -1.46. The summed E-state index contributed by atoms with van der Waals surface area (Å²) in [7, 11) is 3.65. The molecule has 1 aliphatic rings. The van der Waals surface area contributed by atoms with E-state index in [1.54, 1.807) is 6.08 Å². The zero-order valence-electron chi connectivity index (χ0n) is 11.3. The molecule has 1 aliphatic carbocycles. The molecule has 1 saturated carbocycles. The molecule has 0 aromatic rings. The van der Waals surface area contributed by atoms with Crippen molar-refractivity contribution in [2.45, 2.75) is 12.8 Å². The summed E-state index contributed by atoms with van der Waals surface area (Å²) < 4.78 is 14.1. The Morgan fingerprint density at radius 3 is 1.95 bits per heavy atom. The average Bonchev–Trinajstić information content (AvgIpc) is 2.85. The van der Waals surface area contributed by atoms with Crippen molar-refractivity contribution in [2.24, 2.45) is 17.3 Å². The van der Waals surface area contributed by atoms with Gasteiger partial charge in [0.05, 0.1) is 27.2 Å². The van der Waals surface area contributed by atoms with E-state index in [0.717, 1.165) is 0 Å². The van der Waals surface area contributed by atoms with Gasteiger partial charge in [-0.25, -0.2) is 0 Å². The molecule has 0 aliphatic heterocycles. The monoisotopic (exact) mass is 270 g/mol. The number of carbonyl (C=O) groups excluding carboxylic acids is 3. The van der Waals surface area contributed by atoms with Crippen LogP contribution >= 0.6 is 0 Å². The SMILES string of the molecule is C=CC1CC(C(=O)OC)(C(=O)OC)CC1C(=O)OC. The van der Waals surface area contributed by atoms with E-state index in [9.17, 15) is 14.4 Å². The first kappa shape index (κ1) is 15.2. The molecule has 0 radical (unpaired) electrons. The van der Waals surface area contributed by atoms with Crippen LogP contribution in [-0.4, -0.2) is 39.2 Å². The van der Waals surface area contributed by atoms with E-state index in [1.165, 1.54) is 21.3 Å². The number of carbonyl (C=O) groups is 3. The molecule has 2 atom stereocenters. The van der Waals surface area contributed by atoms with Gasteiger partial charge in [-0.2, -0.15) is 0 Å². The molecule has 2 unspecified atom stereocenters. The van der Waals surface area contributed by atoms with Crippen LogP contribution in [0.1, 0.15) is 12.8 Å². The summed E-state index contributed by atoms with van der Waals surface area (Å²) in [5.41, 5.74) is -1.46. The normalized spacial score (nSPS) is 24.4. The zero-order chi connectivity index (χ0) is 14.6. The molecule has 106 valence electrons. The number of hydrogen-bond donors (Lipinski definition) is 0. The summed E-state index contributed by atoms with van der Waals surface area (Å²) >= 11 is 0. The van der Waals surface area contributed by atoms with Crippen molar-refractivity contribution in [3.8, 4) is 0 Å². The fourth-order valence-electron chi connectivity index (χ4n) is 2.62. The molecule has 1 rings (SSSR count). The van der Waals surface area contributed by atoms with Crippen LogP contribution in [0.15, 0.2) is 12.7 Å². The molecule has 19 heavy (non-hydrogen) atoms. The number of rotatable bonds is 4. The Morgan fingerprint density at radius 2 is 1.58 bits per heavy atom. The lowest BCUT2D eigenvalue weighted by Gasteiger charge is -2.22. The smallest absolute Gasteiger partial charge is 0.323 e. The second-order valence-corrected chi connectivity index (χ2v) is 4.50. The minimum Gasteiger partial charge on any atom is -0.469 e. The summed E-state index contributed by atoms with van der Waals surface area (Å²) in [5.74, 6) is -2.79. The molecule has 0 amide bonds. The molecule has 0 N–H and O–H groups in total. The largest absolute Gasteiger partial charge is 0.469 e. The lowest BCUT2D eigenvalue weighted by Crippen LogP contribution is -2.39. The van der Waals surface area contributed by atoms with E-state index in [1.807, 2.05) is 0 Å². The summed E-state index contributed by atoms with van der Waals surface area (Å²) in [4.78, 5) is 35.6. The van der Waals surface area contributed by atoms with Crippen LogP contribution in [0.5, 0.6) is 0 Å². The lowest BCUT2D eigenvalue weighted by molar-refractivity contribution is -0.169. The summed E-state index contributed by atoms with van der Waals surface area (Å²) in [6.07, 6.45) is 1.69. The van der Waals surface area contributed by atoms with Gasteiger partial charge in [0.15, 0.2) is 5.41 Å². The van der Waals surface area contributed by atoms with Crippen molar-refractivity contribution < 1.29 is 28.6 Å². The van der Waals surface area contributed by atoms with E-state index < -0.39 is 29.2 Å². The van der Waals surface area contributed by atoms with E-state index >= 15 is 0 Å². The van der Waals surface area contributed by atoms with Gasteiger partial charge in [-0.3, -0.25) is 14.4 Å². The van der Waals surface area contributed by atoms with Gasteiger partial charge in [0.1, 0.15) is 0 Å². The fourth-order valence-corrected chi connectivity index (χ4v) is 2.62. The Balaban J connectivity index is 3.15. The van der Waals surface area contributed by atoms with Crippen LogP contribution in [0.25, 0.3) is 0 Å². The zero-order valence-corrected chi connectivity index (χ0v) is 11.3. The maximum Gasteiger partial charge on any atom is 0.323 e. The number of esters is 3. The van der Waals surface area contributed by atoms with Gasteiger partial charge < -0.3 is 14.2 Å². The maximum atomic E-state index is 11.9. The van der Waals surface area contributed by atoms with Crippen LogP contribution in [0, 0.1) is 17.3 Å². The summed E-state index contributed by atoms with van der Waals surface area (Å²) in [5, 5.41) is 0. The summed E-state index contributed by atoms with van der Waals surface area (Å²) in [6, 6.07) is 0. The topological polar surface area (TPSA) is 78.9 Å². The van der Waals surface area contributed by atoms with Gasteiger partial charge in [-0.1, -0.05) is 6.08 Å². The van der Waals surface area contributed by atoms with Crippen molar-refractivity contribution in [3.05, 3.63) is 12.7 Å². The Kier molecular flexibility index (Phi) is 4.69. The predicted molar refractivity (Wildman–Crippen MR) is 64.9 cm³/mol. The van der Waals surface area contributed by atoms with Crippen LogP contribution in [0.4, 0.5) is 0 Å². The van der Waals surface area contributed by atoms with E-state index in [-0.39, 0.29) is 18.8 Å². The molecule has 0 aromatic heterocycles. The highest BCUT2D eigenvalue weighted by atomic mass is 16.5. The van der Waals surface area contributed by atoms with Gasteiger partial charge in [-0.05, 0) is 18.8 Å². The van der Waals surface area contributed by atoms with Crippen LogP contribution in [-0.2, 0) is 28.6 Å². The van der Waals surface area contributed by atoms with Crippen molar-refractivity contribution in [1.29, 1.82) is 0 Å². The molecule has 6 nitrogen and oxygen atoms in total. The van der Waals surface area contributed by atoms with Crippen molar-refractivity contribution in [1.82, 2.24) is 0 Å². The molecular weight excluding hydrogens is 252 g/mol. The third kappa shape index (κ3) is 2.47. The first-order valence-electron chi connectivity index (χ1n) is 5.84. The van der Waals surface area contributed by atoms with Gasteiger partial charge in [0.25, 0.3) is 0 Å². The van der Waals surface area contributed by atoms with Crippen LogP contribution in [0.3, 0.4) is 0 Å². The van der Waals surface area contributed by atoms with Crippen molar-refractivity contribution in [2.75, 3.05) is 21.3 Å². The van der Waals surface area contributed by atoms with Crippen LogP contribution in [0.2, 0.25) is 0 Å². The van der Waals surface area contributed by atoms with Crippen molar-refractivity contribution in [3.63, 3.8) is 0 Å². The molecule has 0 heterocycles. The highest BCUT2D eigenvalue weighted by Gasteiger charge is 2.58. The van der Waals surface area contributed by atoms with E-state index in [2.05, 4.69) is 16.1 Å².